The van der Waals surface area contributed by atoms with Crippen molar-refractivity contribution in [1.82, 2.24) is 9.97 Å². The van der Waals surface area contributed by atoms with Crippen LogP contribution in [-0.4, -0.2) is 9.97 Å². The van der Waals surface area contributed by atoms with Gasteiger partial charge in [0.2, 0.25) is 0 Å². The topological polar surface area (TPSA) is 45.8 Å². The van der Waals surface area contributed by atoms with Crippen LogP contribution >= 0.6 is 0 Å². The van der Waals surface area contributed by atoms with Gasteiger partial charge in [0.05, 0.1) is 5.69 Å². The SMILES string of the molecule is CC(C)(C)c1nc(-c2cc(F)c(F)cc2F)cc(=O)[nH]1. The predicted molar refractivity (Wildman–Crippen MR) is 68.9 cm³/mol. The molecule has 3 nitrogen and oxygen atoms in total. The van der Waals surface area contributed by atoms with Crippen LogP contribution in [0, 0.1) is 17.5 Å². The quantitative estimate of drug-likeness (QED) is 0.817. The molecule has 106 valence electrons. The second-order valence-corrected chi connectivity index (χ2v) is 5.48. The molecule has 0 aliphatic rings. The van der Waals surface area contributed by atoms with Crippen LogP contribution in [-0.2, 0) is 5.41 Å². The third-order valence-corrected chi connectivity index (χ3v) is 2.74. The van der Waals surface area contributed by atoms with Gasteiger partial charge in [0.15, 0.2) is 11.6 Å². The average molecular weight is 282 g/mol. The molecule has 1 aromatic carbocycles. The van der Waals surface area contributed by atoms with Crippen molar-refractivity contribution in [3.8, 4) is 11.3 Å². The Labute approximate surface area is 113 Å². The van der Waals surface area contributed by atoms with Gasteiger partial charge in [-0.3, -0.25) is 4.79 Å². The highest BCUT2D eigenvalue weighted by Crippen LogP contribution is 2.25. The summed E-state index contributed by atoms with van der Waals surface area (Å²) in [5, 5.41) is 0. The van der Waals surface area contributed by atoms with Gasteiger partial charge < -0.3 is 4.98 Å². The normalized spacial score (nSPS) is 11.7. The first kappa shape index (κ1) is 14.3. The highest BCUT2D eigenvalue weighted by atomic mass is 19.2. The molecule has 0 amide bonds. The molecule has 6 heteroatoms. The summed E-state index contributed by atoms with van der Waals surface area (Å²) in [5.74, 6) is -3.11. The fraction of sp³-hybridized carbons (Fsp3) is 0.286. The number of hydrogen-bond donors (Lipinski definition) is 1. The molecule has 0 spiro atoms. The van der Waals surface area contributed by atoms with E-state index in [-0.39, 0.29) is 11.3 Å². The number of halogens is 3. The Kier molecular flexibility index (Phi) is 3.41. The van der Waals surface area contributed by atoms with E-state index in [1.165, 1.54) is 0 Å². The van der Waals surface area contributed by atoms with Crippen molar-refractivity contribution in [2.75, 3.05) is 0 Å². The second-order valence-electron chi connectivity index (χ2n) is 5.48. The minimum atomic E-state index is -1.29. The summed E-state index contributed by atoms with van der Waals surface area (Å²) < 4.78 is 39.9. The van der Waals surface area contributed by atoms with E-state index >= 15 is 0 Å². The second kappa shape index (κ2) is 4.77. The Balaban J connectivity index is 2.68. The number of nitrogens with zero attached hydrogens (tertiary/aromatic N) is 1. The van der Waals surface area contributed by atoms with E-state index in [9.17, 15) is 18.0 Å². The fourth-order valence-corrected chi connectivity index (χ4v) is 1.67. The molecule has 0 saturated heterocycles. The van der Waals surface area contributed by atoms with Crippen LogP contribution in [0.2, 0.25) is 0 Å². The fourth-order valence-electron chi connectivity index (χ4n) is 1.67. The Morgan fingerprint density at radius 3 is 2.20 bits per heavy atom. The van der Waals surface area contributed by atoms with Crippen LogP contribution in [0.15, 0.2) is 23.0 Å². The first-order valence-electron chi connectivity index (χ1n) is 5.95. The third kappa shape index (κ3) is 2.74. The largest absolute Gasteiger partial charge is 0.310 e. The van der Waals surface area contributed by atoms with E-state index < -0.39 is 28.4 Å². The molecular formula is C14H13F3N2O. The maximum Gasteiger partial charge on any atom is 0.251 e. The molecular weight excluding hydrogens is 269 g/mol. The number of H-pyrrole nitrogens is 1. The molecule has 1 heterocycles. The van der Waals surface area contributed by atoms with Gasteiger partial charge in [0, 0.05) is 23.1 Å². The van der Waals surface area contributed by atoms with Crippen molar-refractivity contribution >= 4 is 0 Å². The summed E-state index contributed by atoms with van der Waals surface area (Å²) in [5.41, 5.74) is -1.23. The zero-order chi connectivity index (χ0) is 15.1. The van der Waals surface area contributed by atoms with Crippen LogP contribution < -0.4 is 5.56 Å². The van der Waals surface area contributed by atoms with Crippen molar-refractivity contribution in [2.45, 2.75) is 26.2 Å². The van der Waals surface area contributed by atoms with Gasteiger partial charge in [-0.15, -0.1) is 0 Å². The molecule has 1 aromatic heterocycles. The van der Waals surface area contributed by atoms with Crippen molar-refractivity contribution in [3.63, 3.8) is 0 Å². The lowest BCUT2D eigenvalue weighted by Gasteiger charge is -2.17. The van der Waals surface area contributed by atoms with E-state index in [2.05, 4.69) is 9.97 Å². The first-order valence-corrected chi connectivity index (χ1v) is 5.95. The molecule has 0 aliphatic heterocycles. The first-order chi connectivity index (χ1) is 9.18. The van der Waals surface area contributed by atoms with Gasteiger partial charge in [-0.25, -0.2) is 18.2 Å². The third-order valence-electron chi connectivity index (χ3n) is 2.74. The number of aromatic nitrogens is 2. The predicted octanol–water partition coefficient (Wildman–Crippen LogP) is 3.15. The van der Waals surface area contributed by atoms with Gasteiger partial charge in [-0.1, -0.05) is 20.8 Å². The smallest absolute Gasteiger partial charge is 0.251 e. The zero-order valence-electron chi connectivity index (χ0n) is 11.2. The number of nitrogens with one attached hydrogen (secondary N) is 1. The van der Waals surface area contributed by atoms with E-state index in [4.69, 9.17) is 0 Å². The minimum Gasteiger partial charge on any atom is -0.310 e. The molecule has 0 unspecified atom stereocenters. The van der Waals surface area contributed by atoms with Crippen molar-refractivity contribution in [3.05, 3.63) is 51.8 Å². The summed E-state index contributed by atoms with van der Waals surface area (Å²) >= 11 is 0. The van der Waals surface area contributed by atoms with Gasteiger partial charge in [-0.05, 0) is 6.07 Å². The summed E-state index contributed by atoms with van der Waals surface area (Å²) in [6, 6.07) is 2.17. The molecule has 0 radical (unpaired) electrons. The lowest BCUT2D eigenvalue weighted by molar-refractivity contribution is 0.495. The van der Waals surface area contributed by atoms with Crippen LogP contribution in [0.4, 0.5) is 13.2 Å². The van der Waals surface area contributed by atoms with E-state index in [0.717, 1.165) is 6.07 Å². The summed E-state index contributed by atoms with van der Waals surface area (Å²) in [6.45, 7) is 5.45. The molecule has 20 heavy (non-hydrogen) atoms. The van der Waals surface area contributed by atoms with Crippen LogP contribution in [0.25, 0.3) is 11.3 Å². The Morgan fingerprint density at radius 2 is 1.60 bits per heavy atom. The van der Waals surface area contributed by atoms with Crippen molar-refractivity contribution in [2.24, 2.45) is 0 Å². The number of hydrogen-bond acceptors (Lipinski definition) is 2. The summed E-state index contributed by atoms with van der Waals surface area (Å²) in [7, 11) is 0. The average Bonchev–Trinajstić information content (AvgIpc) is 2.32. The Morgan fingerprint density at radius 1 is 1.00 bits per heavy atom. The van der Waals surface area contributed by atoms with Crippen molar-refractivity contribution in [1.29, 1.82) is 0 Å². The molecule has 0 atom stereocenters. The molecule has 0 bridgehead atoms. The maximum atomic E-state index is 13.7. The van der Waals surface area contributed by atoms with Crippen molar-refractivity contribution < 1.29 is 13.2 Å². The summed E-state index contributed by atoms with van der Waals surface area (Å²) in [6.07, 6.45) is 0. The highest BCUT2D eigenvalue weighted by molar-refractivity contribution is 5.59. The monoisotopic (exact) mass is 282 g/mol. The van der Waals surface area contributed by atoms with Gasteiger partial charge in [-0.2, -0.15) is 0 Å². The van der Waals surface area contributed by atoms with Gasteiger partial charge in [0.1, 0.15) is 11.6 Å². The number of benzene rings is 1. The lowest BCUT2D eigenvalue weighted by atomic mass is 9.95. The molecule has 1 N–H and O–H groups in total. The van der Waals surface area contributed by atoms with E-state index in [1.807, 2.05) is 20.8 Å². The van der Waals surface area contributed by atoms with Gasteiger partial charge in [0.25, 0.3) is 5.56 Å². The molecule has 2 aromatic rings. The van der Waals surface area contributed by atoms with E-state index in [1.54, 1.807) is 0 Å². The van der Waals surface area contributed by atoms with Crippen LogP contribution in [0.3, 0.4) is 0 Å². The summed E-state index contributed by atoms with van der Waals surface area (Å²) in [4.78, 5) is 18.3. The molecule has 0 saturated carbocycles. The number of aromatic amines is 1. The zero-order valence-corrected chi connectivity index (χ0v) is 11.2. The minimum absolute atomic E-state index is 0.0323. The Bertz CT molecular complexity index is 717. The van der Waals surface area contributed by atoms with Gasteiger partial charge >= 0.3 is 0 Å². The highest BCUT2D eigenvalue weighted by Gasteiger charge is 2.20. The van der Waals surface area contributed by atoms with Crippen LogP contribution in [0.5, 0.6) is 0 Å². The van der Waals surface area contributed by atoms with E-state index in [0.29, 0.717) is 18.0 Å². The lowest BCUT2D eigenvalue weighted by Crippen LogP contribution is -2.22. The maximum absolute atomic E-state index is 13.7. The standard InChI is InChI=1S/C14H13F3N2O/c1-14(2,3)13-18-11(6-12(20)19-13)7-4-9(16)10(17)5-8(7)15/h4-6H,1-3H3,(H,18,19,20). The number of rotatable bonds is 1. The molecule has 0 aliphatic carbocycles. The molecule has 2 rings (SSSR count). The molecule has 0 fully saturated rings. The Hall–Kier alpha value is -2.11. The van der Waals surface area contributed by atoms with Crippen LogP contribution in [0.1, 0.15) is 26.6 Å².